The van der Waals surface area contributed by atoms with Crippen molar-refractivity contribution < 1.29 is 37.2 Å². The van der Waals surface area contributed by atoms with Gasteiger partial charge >= 0.3 is 12.1 Å². The highest BCUT2D eigenvalue weighted by atomic mass is 32.2. The number of hydrogen-bond donors (Lipinski definition) is 6. The molecule has 0 aliphatic heterocycles. The van der Waals surface area contributed by atoms with E-state index in [4.69, 9.17) is 5.26 Å². The Morgan fingerprint density at radius 2 is 1.14 bits per heavy atom. The summed E-state index contributed by atoms with van der Waals surface area (Å²) in [5, 5.41) is 22.8. The molecule has 0 unspecified atom stereocenters. The van der Waals surface area contributed by atoms with E-state index in [-0.39, 0.29) is 11.3 Å². The van der Waals surface area contributed by atoms with Gasteiger partial charge in [-0.1, -0.05) is 65.7 Å². The first-order valence-electron chi connectivity index (χ1n) is 12.1. The number of benzene rings is 4. The first-order chi connectivity index (χ1) is 20.2. The molecule has 6 N–H and O–H groups in total. The van der Waals surface area contributed by atoms with E-state index in [1.165, 1.54) is 30.4 Å². The summed E-state index contributed by atoms with van der Waals surface area (Å²) in [5.41, 5.74) is 2.23. The van der Waals surface area contributed by atoms with Crippen LogP contribution >= 0.6 is 12.0 Å². The molecule has 4 rings (SSSR count). The van der Waals surface area contributed by atoms with Crippen molar-refractivity contribution >= 4 is 69.1 Å². The number of nitrogens with one attached hydrogen (secondary N) is 4. The molecular formula is C28H24N4O8S2. The van der Waals surface area contributed by atoms with E-state index in [9.17, 15) is 22.6 Å². The molecule has 0 heterocycles. The summed E-state index contributed by atoms with van der Waals surface area (Å²) in [6.07, 6.45) is 2.95. The standard InChI is InChI=1S/C28H24N4O8S2/c33-27(29-21-7-3-1-4-8-21)31-23-15-13-19(25(17-23)41-40-39-35)11-12-20-14-16-24(18-26(20)42(36,37)38)32-28(34)30-22-9-5-2-6-10-22/h1-18,35H,(H2,29,31,33)(H2,30,32,34)(H,36,37,38). The molecule has 0 aliphatic carbocycles. The average molecular weight is 609 g/mol. The molecule has 42 heavy (non-hydrogen) atoms. The van der Waals surface area contributed by atoms with Crippen LogP contribution in [0.25, 0.3) is 12.2 Å². The molecule has 0 spiro atoms. The molecule has 216 valence electrons. The maximum Gasteiger partial charge on any atom is 0.323 e. The molecule has 4 amide bonds. The Kier molecular flexibility index (Phi) is 10.3. The molecule has 0 bridgehead atoms. The van der Waals surface area contributed by atoms with E-state index in [0.717, 1.165) is 6.07 Å². The van der Waals surface area contributed by atoms with Gasteiger partial charge in [0.1, 0.15) is 4.90 Å². The van der Waals surface area contributed by atoms with Crippen LogP contribution in [-0.2, 0) is 19.5 Å². The number of rotatable bonds is 10. The Balaban J connectivity index is 1.53. The normalized spacial score (nSPS) is 11.2. The van der Waals surface area contributed by atoms with Crippen LogP contribution in [0.3, 0.4) is 0 Å². The third kappa shape index (κ3) is 8.90. The van der Waals surface area contributed by atoms with E-state index in [0.29, 0.717) is 39.6 Å². The van der Waals surface area contributed by atoms with Gasteiger partial charge in [0.25, 0.3) is 10.1 Å². The molecule has 0 saturated heterocycles. The van der Waals surface area contributed by atoms with Gasteiger partial charge in [-0.2, -0.15) is 8.42 Å². The maximum absolute atomic E-state index is 12.4. The van der Waals surface area contributed by atoms with Gasteiger partial charge in [0.2, 0.25) is 0 Å². The van der Waals surface area contributed by atoms with E-state index in [2.05, 4.69) is 30.6 Å². The molecule has 12 nitrogen and oxygen atoms in total. The van der Waals surface area contributed by atoms with Crippen molar-refractivity contribution in [2.45, 2.75) is 9.79 Å². The van der Waals surface area contributed by atoms with E-state index < -0.39 is 27.1 Å². The predicted octanol–water partition coefficient (Wildman–Crippen LogP) is 6.82. The summed E-state index contributed by atoms with van der Waals surface area (Å²) in [4.78, 5) is 24.6. The predicted molar refractivity (Wildman–Crippen MR) is 160 cm³/mol. The van der Waals surface area contributed by atoms with Gasteiger partial charge in [-0.3, -0.25) is 4.55 Å². The van der Waals surface area contributed by atoms with E-state index in [1.54, 1.807) is 66.7 Å². The molecule has 0 saturated carbocycles. The Bertz CT molecular complexity index is 1690. The lowest BCUT2D eigenvalue weighted by Crippen LogP contribution is -2.19. The number of urea groups is 2. The van der Waals surface area contributed by atoms with Crippen molar-refractivity contribution in [2.24, 2.45) is 0 Å². The zero-order valence-electron chi connectivity index (χ0n) is 21.6. The first-order valence-corrected chi connectivity index (χ1v) is 14.2. The zero-order valence-corrected chi connectivity index (χ0v) is 23.2. The Morgan fingerprint density at radius 3 is 1.67 bits per heavy atom. The molecule has 0 atom stereocenters. The second-order valence-corrected chi connectivity index (χ2v) is 10.6. The molecule has 0 radical (unpaired) electrons. The Labute approximate surface area is 245 Å². The van der Waals surface area contributed by atoms with Crippen molar-refractivity contribution in [3.05, 3.63) is 108 Å². The summed E-state index contributed by atoms with van der Waals surface area (Å²) in [5.74, 6) is 0. The molecule has 0 fully saturated rings. The summed E-state index contributed by atoms with van der Waals surface area (Å²) >= 11 is 0.630. The number of carbonyl (C=O) groups is 2. The topological polar surface area (TPSA) is 175 Å². The van der Waals surface area contributed by atoms with E-state index >= 15 is 0 Å². The quantitative estimate of drug-likeness (QED) is 0.0371. The fraction of sp³-hybridized carbons (Fsp3) is 0. The second-order valence-electron chi connectivity index (χ2n) is 8.43. The average Bonchev–Trinajstić information content (AvgIpc) is 2.96. The molecule has 4 aromatic carbocycles. The highest BCUT2D eigenvalue weighted by Crippen LogP contribution is 2.30. The molecule has 4 aromatic rings. The van der Waals surface area contributed by atoms with Crippen LogP contribution in [-0.4, -0.2) is 30.3 Å². The number of anilines is 4. The minimum absolute atomic E-state index is 0.117. The fourth-order valence-electron chi connectivity index (χ4n) is 3.66. The highest BCUT2D eigenvalue weighted by molar-refractivity contribution is 7.94. The summed E-state index contributed by atoms with van der Waals surface area (Å²) in [6.45, 7) is 0. The number of para-hydroxylation sites is 2. The van der Waals surface area contributed by atoms with Gasteiger partial charge in [-0.25, -0.2) is 14.8 Å². The monoisotopic (exact) mass is 608 g/mol. The Morgan fingerprint density at radius 1 is 0.667 bits per heavy atom. The first kappa shape index (κ1) is 30.3. The van der Waals surface area contributed by atoms with Crippen LogP contribution < -0.4 is 21.3 Å². The van der Waals surface area contributed by atoms with Crippen molar-refractivity contribution in [2.75, 3.05) is 21.3 Å². The van der Waals surface area contributed by atoms with Crippen LogP contribution in [0.2, 0.25) is 0 Å². The fourth-order valence-corrected chi connectivity index (χ4v) is 4.88. The lowest BCUT2D eigenvalue weighted by atomic mass is 10.1. The van der Waals surface area contributed by atoms with Crippen LogP contribution in [0.5, 0.6) is 0 Å². The lowest BCUT2D eigenvalue weighted by Gasteiger charge is -2.11. The maximum atomic E-state index is 12.4. The summed E-state index contributed by atoms with van der Waals surface area (Å²) in [6, 6.07) is 25.1. The molecule has 0 aromatic heterocycles. The van der Waals surface area contributed by atoms with Gasteiger partial charge < -0.3 is 21.3 Å². The van der Waals surface area contributed by atoms with Gasteiger partial charge in [-0.05, 0) is 59.7 Å². The SMILES string of the molecule is O=C(Nc1ccccc1)Nc1ccc(C=Cc2ccc(NC(=O)Nc3ccccc3)cc2S(=O)(=O)O)c(SOOO)c1. The molecular weight excluding hydrogens is 584 g/mol. The van der Waals surface area contributed by atoms with Gasteiger partial charge in [0.05, 0.1) is 12.0 Å². The minimum atomic E-state index is -4.69. The third-order valence-electron chi connectivity index (χ3n) is 5.48. The van der Waals surface area contributed by atoms with Crippen LogP contribution in [0, 0.1) is 0 Å². The second kappa shape index (κ2) is 14.3. The van der Waals surface area contributed by atoms with E-state index in [1.807, 2.05) is 6.07 Å². The van der Waals surface area contributed by atoms with Crippen molar-refractivity contribution in [3.63, 3.8) is 0 Å². The summed E-state index contributed by atoms with van der Waals surface area (Å²) < 4.78 is 38.7. The lowest BCUT2D eigenvalue weighted by molar-refractivity contribution is -0.432. The van der Waals surface area contributed by atoms with Crippen molar-refractivity contribution in [1.29, 1.82) is 0 Å². The van der Waals surface area contributed by atoms with Gasteiger partial charge in [0.15, 0.2) is 0 Å². The highest BCUT2D eigenvalue weighted by Gasteiger charge is 2.16. The minimum Gasteiger partial charge on any atom is -0.308 e. The van der Waals surface area contributed by atoms with Crippen LogP contribution in [0.4, 0.5) is 32.3 Å². The largest absolute Gasteiger partial charge is 0.323 e. The Hall–Kier alpha value is -4.70. The van der Waals surface area contributed by atoms with Gasteiger partial charge in [-0.15, -0.1) is 4.33 Å². The smallest absolute Gasteiger partial charge is 0.308 e. The van der Waals surface area contributed by atoms with Crippen LogP contribution in [0.1, 0.15) is 11.1 Å². The summed E-state index contributed by atoms with van der Waals surface area (Å²) in [7, 11) is -4.69. The van der Waals surface area contributed by atoms with Crippen LogP contribution in [0.15, 0.2) is 107 Å². The third-order valence-corrected chi connectivity index (χ3v) is 7.05. The number of hydrogen-bond acceptors (Lipinski definition) is 8. The molecule has 14 heteroatoms. The zero-order chi connectivity index (χ0) is 30.0. The van der Waals surface area contributed by atoms with Crippen molar-refractivity contribution in [1.82, 2.24) is 0 Å². The molecule has 0 aliphatic rings. The number of amides is 4. The number of carbonyl (C=O) groups excluding carboxylic acids is 2. The van der Waals surface area contributed by atoms with Crippen molar-refractivity contribution in [3.8, 4) is 0 Å². The van der Waals surface area contributed by atoms with Gasteiger partial charge in [0, 0.05) is 27.6 Å².